The molecule has 1 heterocycles. The Balaban J connectivity index is 2.70. The molecule has 0 spiro atoms. The van der Waals surface area contributed by atoms with Crippen molar-refractivity contribution >= 4 is 6.03 Å². The van der Waals surface area contributed by atoms with Crippen molar-refractivity contribution in [1.82, 2.24) is 10.2 Å². The Hall–Kier alpha value is -0.940. The Kier molecular flexibility index (Phi) is 7.49. The molecule has 0 saturated carbocycles. The minimum Gasteiger partial charge on any atom is -0.335 e. The first-order valence-corrected chi connectivity index (χ1v) is 8.44. The van der Waals surface area contributed by atoms with E-state index < -0.39 is 18.8 Å². The van der Waals surface area contributed by atoms with E-state index in [-0.39, 0.29) is 18.5 Å². The first-order chi connectivity index (χ1) is 10.3. The quantitative estimate of drug-likeness (QED) is 0.652. The largest absolute Gasteiger partial charge is 0.406 e. The second kappa shape index (κ2) is 8.63. The van der Waals surface area contributed by atoms with Crippen molar-refractivity contribution in [1.29, 1.82) is 0 Å². The number of carbonyl (C=O) groups excluding carboxylic acids is 1. The minimum absolute atomic E-state index is 0.00356. The van der Waals surface area contributed by atoms with Crippen LogP contribution in [0.4, 0.5) is 18.0 Å². The third-order valence-corrected chi connectivity index (χ3v) is 4.65. The topological polar surface area (TPSA) is 32.3 Å². The van der Waals surface area contributed by atoms with Gasteiger partial charge in [-0.1, -0.05) is 46.5 Å². The second-order valence-corrected chi connectivity index (χ2v) is 6.30. The van der Waals surface area contributed by atoms with Crippen molar-refractivity contribution in [3.63, 3.8) is 0 Å². The van der Waals surface area contributed by atoms with Crippen LogP contribution in [0.25, 0.3) is 0 Å². The number of carbonyl (C=O) groups is 1. The second-order valence-electron chi connectivity index (χ2n) is 6.30. The molecule has 1 N–H and O–H groups in total. The molecule has 3 unspecified atom stereocenters. The van der Waals surface area contributed by atoms with E-state index in [4.69, 9.17) is 0 Å². The Labute approximate surface area is 131 Å². The number of halogens is 3. The van der Waals surface area contributed by atoms with Gasteiger partial charge in [0.2, 0.25) is 0 Å². The first-order valence-electron chi connectivity index (χ1n) is 8.44. The maximum Gasteiger partial charge on any atom is 0.406 e. The van der Waals surface area contributed by atoms with E-state index in [0.717, 1.165) is 43.4 Å². The Morgan fingerprint density at radius 2 is 1.95 bits per heavy atom. The summed E-state index contributed by atoms with van der Waals surface area (Å²) in [5.74, 6) is 0.445. The summed E-state index contributed by atoms with van der Waals surface area (Å²) in [6.07, 6.45) is 1.84. The molecule has 6 heteroatoms. The maximum absolute atomic E-state index is 12.6. The summed E-state index contributed by atoms with van der Waals surface area (Å²) in [6, 6.07) is -0.565. The molecule has 1 rings (SSSR count). The monoisotopic (exact) mass is 322 g/mol. The fourth-order valence-electron chi connectivity index (χ4n) is 3.36. The van der Waals surface area contributed by atoms with E-state index in [1.165, 1.54) is 0 Å². The lowest BCUT2D eigenvalue weighted by Crippen LogP contribution is -2.60. The molecule has 0 aromatic rings. The summed E-state index contributed by atoms with van der Waals surface area (Å²) in [7, 11) is 0. The molecule has 0 aromatic heterocycles. The molecule has 1 saturated heterocycles. The number of alkyl halides is 3. The van der Waals surface area contributed by atoms with Crippen molar-refractivity contribution in [2.75, 3.05) is 13.1 Å². The van der Waals surface area contributed by atoms with Gasteiger partial charge in [0.25, 0.3) is 0 Å². The number of amides is 2. The number of hydrogen-bond donors (Lipinski definition) is 1. The number of unbranched alkanes of at least 4 members (excludes halogenated alkanes) is 2. The Morgan fingerprint density at radius 1 is 1.27 bits per heavy atom. The zero-order valence-corrected chi connectivity index (χ0v) is 13.9. The third-order valence-electron chi connectivity index (χ3n) is 4.65. The van der Waals surface area contributed by atoms with E-state index in [1.54, 1.807) is 0 Å². The van der Waals surface area contributed by atoms with Crippen molar-refractivity contribution < 1.29 is 18.0 Å². The van der Waals surface area contributed by atoms with Crippen LogP contribution < -0.4 is 5.32 Å². The van der Waals surface area contributed by atoms with Crippen molar-refractivity contribution in [2.45, 2.75) is 71.5 Å². The molecule has 1 aliphatic rings. The molecular weight excluding hydrogens is 293 g/mol. The predicted molar refractivity (Wildman–Crippen MR) is 81.7 cm³/mol. The van der Waals surface area contributed by atoms with Crippen LogP contribution in [-0.4, -0.2) is 36.2 Å². The van der Waals surface area contributed by atoms with Crippen LogP contribution >= 0.6 is 0 Å². The average molecular weight is 322 g/mol. The van der Waals surface area contributed by atoms with Crippen LogP contribution in [0.5, 0.6) is 0 Å². The number of rotatable bonds is 8. The number of urea groups is 1. The van der Waals surface area contributed by atoms with Crippen molar-refractivity contribution in [2.24, 2.45) is 11.8 Å². The maximum atomic E-state index is 12.6. The molecule has 3 nitrogen and oxygen atoms in total. The highest BCUT2D eigenvalue weighted by molar-refractivity contribution is 5.75. The van der Waals surface area contributed by atoms with E-state index in [1.807, 2.05) is 6.92 Å². The number of nitrogens with zero attached hydrogens (tertiary/aromatic N) is 1. The number of hydrogen-bond acceptors (Lipinski definition) is 1. The van der Waals surface area contributed by atoms with E-state index in [2.05, 4.69) is 19.2 Å². The van der Waals surface area contributed by atoms with Gasteiger partial charge in [0.15, 0.2) is 0 Å². The standard InChI is InChI=1S/C16H29F3N2O/c1-4-7-8-9-12(5-2)14-13(6-3)10-21(15(22)20-14)11-16(17,18)19/h12-14H,4-11H2,1-3H3,(H,20,22). The predicted octanol–water partition coefficient (Wildman–Crippen LogP) is 4.58. The normalized spacial score (nSPS) is 24.3. The molecular formula is C16H29F3N2O. The molecule has 1 aliphatic heterocycles. The van der Waals surface area contributed by atoms with Gasteiger partial charge in [-0.2, -0.15) is 13.2 Å². The lowest BCUT2D eigenvalue weighted by atomic mass is 9.80. The summed E-state index contributed by atoms with van der Waals surface area (Å²) in [5.41, 5.74) is 0. The molecule has 22 heavy (non-hydrogen) atoms. The third kappa shape index (κ3) is 5.69. The first kappa shape index (κ1) is 19.1. The lowest BCUT2D eigenvalue weighted by molar-refractivity contribution is -0.143. The zero-order chi connectivity index (χ0) is 16.8. The van der Waals surface area contributed by atoms with Crippen molar-refractivity contribution in [3.8, 4) is 0 Å². The van der Waals surface area contributed by atoms with Gasteiger partial charge >= 0.3 is 12.2 Å². The highest BCUT2D eigenvalue weighted by Gasteiger charge is 2.40. The van der Waals surface area contributed by atoms with Gasteiger partial charge in [-0.05, 0) is 24.7 Å². The van der Waals surface area contributed by atoms with Crippen LogP contribution in [0.2, 0.25) is 0 Å². The van der Waals surface area contributed by atoms with Gasteiger partial charge in [-0.3, -0.25) is 0 Å². The lowest BCUT2D eigenvalue weighted by Gasteiger charge is -2.42. The fraction of sp³-hybridized carbons (Fsp3) is 0.938. The van der Waals surface area contributed by atoms with E-state index in [0.29, 0.717) is 5.92 Å². The van der Waals surface area contributed by atoms with Gasteiger partial charge < -0.3 is 10.2 Å². The Bertz CT molecular complexity index is 347. The average Bonchev–Trinajstić information content (AvgIpc) is 2.44. The Morgan fingerprint density at radius 3 is 2.45 bits per heavy atom. The molecule has 0 radical (unpaired) electrons. The summed E-state index contributed by atoms with van der Waals surface area (Å²) in [6.45, 7) is 5.27. The summed E-state index contributed by atoms with van der Waals surface area (Å²) in [4.78, 5) is 12.9. The van der Waals surface area contributed by atoms with Gasteiger partial charge in [0, 0.05) is 12.6 Å². The van der Waals surface area contributed by atoms with Crippen molar-refractivity contribution in [3.05, 3.63) is 0 Å². The molecule has 130 valence electrons. The van der Waals surface area contributed by atoms with Crippen LogP contribution in [0.15, 0.2) is 0 Å². The number of nitrogens with one attached hydrogen (secondary N) is 1. The zero-order valence-electron chi connectivity index (χ0n) is 13.9. The molecule has 0 aromatic carbocycles. The van der Waals surface area contributed by atoms with Gasteiger partial charge in [-0.25, -0.2) is 4.79 Å². The SMILES string of the molecule is CCCCCC(CC)C1NC(=O)N(CC(F)(F)F)CC1CC. The molecule has 0 bridgehead atoms. The van der Waals surface area contributed by atoms with E-state index >= 15 is 0 Å². The van der Waals surface area contributed by atoms with Gasteiger partial charge in [0.05, 0.1) is 0 Å². The summed E-state index contributed by atoms with van der Waals surface area (Å²) < 4.78 is 37.7. The van der Waals surface area contributed by atoms with Gasteiger partial charge in [0.1, 0.15) is 6.54 Å². The highest BCUT2D eigenvalue weighted by atomic mass is 19.4. The van der Waals surface area contributed by atoms with Crippen LogP contribution in [-0.2, 0) is 0 Å². The molecule has 2 amide bonds. The summed E-state index contributed by atoms with van der Waals surface area (Å²) >= 11 is 0. The molecule has 3 atom stereocenters. The van der Waals surface area contributed by atoms with Gasteiger partial charge in [-0.15, -0.1) is 0 Å². The smallest absolute Gasteiger partial charge is 0.335 e. The van der Waals surface area contributed by atoms with Crippen LogP contribution in [0.1, 0.15) is 59.3 Å². The highest BCUT2D eigenvalue weighted by Crippen LogP contribution is 2.29. The van der Waals surface area contributed by atoms with Crippen LogP contribution in [0.3, 0.4) is 0 Å². The molecule has 0 aliphatic carbocycles. The minimum atomic E-state index is -4.34. The molecule has 1 fully saturated rings. The van der Waals surface area contributed by atoms with E-state index in [9.17, 15) is 18.0 Å². The summed E-state index contributed by atoms with van der Waals surface area (Å²) in [5, 5.41) is 2.85. The van der Waals surface area contributed by atoms with Crippen LogP contribution in [0, 0.1) is 11.8 Å². The fourth-order valence-corrected chi connectivity index (χ4v) is 3.36.